The van der Waals surface area contributed by atoms with Crippen molar-refractivity contribution in [1.29, 1.82) is 0 Å². The number of amides is 1. The fraction of sp³-hybridized carbons (Fsp3) is 0.312. The summed E-state index contributed by atoms with van der Waals surface area (Å²) in [4.78, 5) is 12.0. The van der Waals surface area contributed by atoms with Crippen LogP contribution in [0.4, 0.5) is 5.13 Å². The molecule has 0 aliphatic rings. The number of nitrogens with one attached hydrogen (secondary N) is 1. The van der Waals surface area contributed by atoms with Crippen LogP contribution in [0.25, 0.3) is 0 Å². The molecule has 10 heteroatoms. The third kappa shape index (κ3) is 4.79. The number of carbonyl (C=O) groups is 1. The normalized spacial score (nSPS) is 10.7. The first-order chi connectivity index (χ1) is 12.7. The minimum absolute atomic E-state index is 0.157. The Balaban J connectivity index is 1.57. The van der Waals surface area contributed by atoms with Gasteiger partial charge >= 0.3 is 0 Å². The predicted octanol–water partition coefficient (Wildman–Crippen LogP) is 2.77. The highest BCUT2D eigenvalue weighted by atomic mass is 32.2. The number of hydrogen-bond acceptors (Lipinski definition) is 8. The Morgan fingerprint density at radius 1 is 1.35 bits per heavy atom. The first kappa shape index (κ1) is 18.3. The van der Waals surface area contributed by atoms with Gasteiger partial charge in [-0.25, -0.2) is 0 Å². The average molecular weight is 390 g/mol. The lowest BCUT2D eigenvalue weighted by Gasteiger charge is -2.09. The van der Waals surface area contributed by atoms with E-state index in [1.807, 2.05) is 42.7 Å². The topological polar surface area (TPSA) is 94.8 Å². The molecule has 0 saturated heterocycles. The molecule has 0 atom stereocenters. The molecule has 0 aliphatic carbocycles. The van der Waals surface area contributed by atoms with Crippen molar-refractivity contribution in [3.05, 3.63) is 41.2 Å². The Hall–Kier alpha value is -2.46. The second-order valence-electron chi connectivity index (χ2n) is 5.33. The van der Waals surface area contributed by atoms with Gasteiger partial charge in [0.15, 0.2) is 11.0 Å². The van der Waals surface area contributed by atoms with E-state index < -0.39 is 0 Å². The number of nitrogens with zero attached hydrogens (tertiary/aromatic N) is 5. The van der Waals surface area contributed by atoms with Crippen LogP contribution in [0.15, 0.2) is 34.9 Å². The molecular weight excluding hydrogens is 372 g/mol. The molecule has 0 saturated carbocycles. The van der Waals surface area contributed by atoms with E-state index in [9.17, 15) is 4.79 Å². The van der Waals surface area contributed by atoms with Crippen LogP contribution in [0.2, 0.25) is 0 Å². The molecule has 0 aliphatic heterocycles. The number of aryl methyl sites for hydroxylation is 1. The number of thioether (sulfide) groups is 1. The smallest absolute Gasteiger partial charge is 0.236 e. The Kier molecular flexibility index (Phi) is 6.18. The van der Waals surface area contributed by atoms with Crippen molar-refractivity contribution in [2.24, 2.45) is 0 Å². The Labute approximate surface area is 159 Å². The summed E-state index contributed by atoms with van der Waals surface area (Å²) in [5.41, 5.74) is 2.70. The summed E-state index contributed by atoms with van der Waals surface area (Å²) in [6.07, 6.45) is 0. The van der Waals surface area contributed by atoms with E-state index in [2.05, 4.69) is 25.7 Å². The van der Waals surface area contributed by atoms with Crippen LogP contribution in [0.3, 0.4) is 0 Å². The zero-order chi connectivity index (χ0) is 18.4. The van der Waals surface area contributed by atoms with Crippen LogP contribution in [0.1, 0.15) is 18.3 Å². The summed E-state index contributed by atoms with van der Waals surface area (Å²) in [5, 5.41) is 19.7. The van der Waals surface area contributed by atoms with Gasteiger partial charge in [0.2, 0.25) is 11.0 Å². The van der Waals surface area contributed by atoms with Crippen LogP contribution in [-0.2, 0) is 17.9 Å². The molecule has 3 aromatic rings. The van der Waals surface area contributed by atoms with Gasteiger partial charge in [0.1, 0.15) is 17.9 Å². The van der Waals surface area contributed by atoms with Gasteiger partial charge in [-0.2, -0.15) is 0 Å². The number of carbonyl (C=O) groups excluding carboxylic acids is 1. The lowest BCUT2D eigenvalue weighted by molar-refractivity contribution is -0.113. The number of aromatic nitrogens is 5. The fourth-order valence-corrected chi connectivity index (χ4v) is 3.50. The van der Waals surface area contributed by atoms with Gasteiger partial charge in [0.25, 0.3) is 0 Å². The van der Waals surface area contributed by atoms with Crippen molar-refractivity contribution < 1.29 is 9.53 Å². The minimum Gasteiger partial charge on any atom is -0.486 e. The summed E-state index contributed by atoms with van der Waals surface area (Å²) in [7, 11) is 0. The molecule has 0 radical (unpaired) electrons. The first-order valence-electron chi connectivity index (χ1n) is 7.96. The maximum atomic E-state index is 12.0. The highest BCUT2D eigenvalue weighted by molar-refractivity contribution is 7.99. The number of benzene rings is 1. The molecule has 2 heterocycles. The summed E-state index contributed by atoms with van der Waals surface area (Å²) in [5.74, 6) is 1.58. The van der Waals surface area contributed by atoms with Crippen LogP contribution in [0, 0.1) is 6.92 Å². The highest BCUT2D eigenvalue weighted by Gasteiger charge is 2.14. The van der Waals surface area contributed by atoms with Crippen molar-refractivity contribution in [3.63, 3.8) is 0 Å². The molecule has 3 rings (SSSR count). The summed E-state index contributed by atoms with van der Waals surface area (Å²) < 4.78 is 7.74. The molecule has 2 aromatic heterocycles. The van der Waals surface area contributed by atoms with E-state index in [0.717, 1.165) is 17.1 Å². The molecule has 1 amide bonds. The minimum atomic E-state index is -0.157. The number of anilines is 1. The Morgan fingerprint density at radius 3 is 2.96 bits per heavy atom. The second kappa shape index (κ2) is 8.77. The van der Waals surface area contributed by atoms with Crippen LogP contribution < -0.4 is 10.1 Å². The molecule has 1 N–H and O–H groups in total. The quantitative estimate of drug-likeness (QED) is 0.591. The molecule has 136 valence electrons. The molecular formula is C16H18N6O2S2. The van der Waals surface area contributed by atoms with Gasteiger partial charge in [0.05, 0.1) is 5.75 Å². The second-order valence-corrected chi connectivity index (χ2v) is 7.10. The number of hydrogen-bond donors (Lipinski definition) is 1. The third-order valence-electron chi connectivity index (χ3n) is 3.41. The predicted molar refractivity (Wildman–Crippen MR) is 100 cm³/mol. The van der Waals surface area contributed by atoms with Crippen molar-refractivity contribution in [3.8, 4) is 5.75 Å². The SMILES string of the molecule is CCn1c(COc2cccc(C)c2)nnc1SCC(=O)Nc1nncs1. The lowest BCUT2D eigenvalue weighted by Crippen LogP contribution is -2.14. The fourth-order valence-electron chi connectivity index (χ4n) is 2.22. The van der Waals surface area contributed by atoms with E-state index >= 15 is 0 Å². The average Bonchev–Trinajstić information content (AvgIpc) is 3.27. The number of rotatable bonds is 8. The molecule has 8 nitrogen and oxygen atoms in total. The summed E-state index contributed by atoms with van der Waals surface area (Å²) >= 11 is 2.60. The van der Waals surface area contributed by atoms with Crippen molar-refractivity contribution in [2.45, 2.75) is 32.2 Å². The van der Waals surface area contributed by atoms with Gasteiger partial charge in [0, 0.05) is 6.54 Å². The molecule has 1 aromatic carbocycles. The maximum Gasteiger partial charge on any atom is 0.236 e. The van der Waals surface area contributed by atoms with Gasteiger partial charge in [-0.15, -0.1) is 20.4 Å². The van der Waals surface area contributed by atoms with Crippen LogP contribution >= 0.6 is 23.1 Å². The molecule has 0 fully saturated rings. The van der Waals surface area contributed by atoms with Crippen molar-refractivity contribution in [2.75, 3.05) is 11.1 Å². The van der Waals surface area contributed by atoms with Crippen molar-refractivity contribution >= 4 is 34.1 Å². The lowest BCUT2D eigenvalue weighted by atomic mass is 10.2. The van der Waals surface area contributed by atoms with Gasteiger partial charge in [-0.05, 0) is 31.5 Å². The standard InChI is InChI=1S/C16H18N6O2S2/c1-3-22-13(8-24-12-6-4-5-11(2)7-12)19-21-16(22)25-9-14(23)18-15-20-17-10-26-15/h4-7,10H,3,8-9H2,1-2H3,(H,18,20,23). The van der Waals surface area contributed by atoms with E-state index in [4.69, 9.17) is 4.74 Å². The van der Waals surface area contributed by atoms with Crippen molar-refractivity contribution in [1.82, 2.24) is 25.0 Å². The summed E-state index contributed by atoms with van der Waals surface area (Å²) in [6.45, 7) is 5.04. The zero-order valence-corrected chi connectivity index (χ0v) is 16.0. The third-order valence-corrected chi connectivity index (χ3v) is 4.98. The first-order valence-corrected chi connectivity index (χ1v) is 9.82. The summed E-state index contributed by atoms with van der Waals surface area (Å²) in [6, 6.07) is 7.85. The van der Waals surface area contributed by atoms with Gasteiger partial charge < -0.3 is 9.30 Å². The Morgan fingerprint density at radius 2 is 2.23 bits per heavy atom. The maximum absolute atomic E-state index is 12.0. The monoisotopic (exact) mass is 390 g/mol. The highest BCUT2D eigenvalue weighted by Crippen LogP contribution is 2.19. The van der Waals surface area contributed by atoms with Crippen LogP contribution in [-0.4, -0.2) is 36.6 Å². The zero-order valence-electron chi connectivity index (χ0n) is 14.4. The van der Waals surface area contributed by atoms with Gasteiger partial charge in [-0.3, -0.25) is 10.1 Å². The largest absolute Gasteiger partial charge is 0.486 e. The number of ether oxygens (including phenoxy) is 1. The molecule has 26 heavy (non-hydrogen) atoms. The van der Waals surface area contributed by atoms with E-state index in [-0.39, 0.29) is 11.7 Å². The molecule has 0 spiro atoms. The van der Waals surface area contributed by atoms with E-state index in [1.54, 1.807) is 5.51 Å². The van der Waals surface area contributed by atoms with Crippen LogP contribution in [0.5, 0.6) is 5.75 Å². The van der Waals surface area contributed by atoms with Gasteiger partial charge in [-0.1, -0.05) is 35.2 Å². The van der Waals surface area contributed by atoms with E-state index in [0.29, 0.717) is 23.4 Å². The Bertz CT molecular complexity index is 866. The van der Waals surface area contributed by atoms with E-state index in [1.165, 1.54) is 23.1 Å². The molecule has 0 bridgehead atoms. The molecule has 0 unspecified atom stereocenters.